The number of alkyl halides is 3. The van der Waals surface area contributed by atoms with Crippen molar-refractivity contribution < 1.29 is 18.0 Å². The number of benzene rings is 1. The van der Waals surface area contributed by atoms with Crippen molar-refractivity contribution in [3.63, 3.8) is 0 Å². The maximum atomic E-state index is 12.8. The maximum absolute atomic E-state index is 12.8. The third-order valence-electron chi connectivity index (χ3n) is 5.47. The standard InChI is InChI=1S/C19H18ClF3N6O/c1-3-18(2)13-14(24)25-17(27-15(13)26-16(18)30)29-12-5-4-9(20)8-10(12)11(28-29)6-7-19(21,22)23/h4-5,8H,3,6-7H2,1-2H3,(H3,24,25,26,27,30). The molecular formula is C19H18ClF3N6O. The molecule has 2 aromatic heterocycles. The number of rotatable bonds is 4. The van der Waals surface area contributed by atoms with Crippen molar-refractivity contribution in [2.75, 3.05) is 11.1 Å². The van der Waals surface area contributed by atoms with Gasteiger partial charge in [-0.3, -0.25) is 4.79 Å². The highest BCUT2D eigenvalue weighted by Gasteiger charge is 2.44. The topological polar surface area (TPSA) is 98.7 Å². The summed E-state index contributed by atoms with van der Waals surface area (Å²) in [5.41, 5.74) is 6.52. The van der Waals surface area contributed by atoms with E-state index in [1.807, 2.05) is 6.92 Å². The van der Waals surface area contributed by atoms with Gasteiger partial charge in [-0.1, -0.05) is 18.5 Å². The van der Waals surface area contributed by atoms with Gasteiger partial charge in [-0.15, -0.1) is 0 Å². The van der Waals surface area contributed by atoms with Crippen LogP contribution in [0, 0.1) is 0 Å². The summed E-state index contributed by atoms with van der Waals surface area (Å²) in [6.45, 7) is 3.62. The number of aromatic nitrogens is 4. The van der Waals surface area contributed by atoms with Crippen molar-refractivity contribution >= 4 is 40.0 Å². The third-order valence-corrected chi connectivity index (χ3v) is 5.71. The van der Waals surface area contributed by atoms with E-state index in [4.69, 9.17) is 17.3 Å². The minimum Gasteiger partial charge on any atom is -0.383 e. The smallest absolute Gasteiger partial charge is 0.383 e. The van der Waals surface area contributed by atoms with Gasteiger partial charge in [-0.25, -0.2) is 0 Å². The number of aryl methyl sites for hydroxylation is 1. The van der Waals surface area contributed by atoms with Crippen LogP contribution in [0.15, 0.2) is 18.2 Å². The Morgan fingerprint density at radius 2 is 2.03 bits per heavy atom. The van der Waals surface area contributed by atoms with E-state index >= 15 is 0 Å². The van der Waals surface area contributed by atoms with Crippen LogP contribution in [-0.2, 0) is 16.6 Å². The third kappa shape index (κ3) is 3.24. The summed E-state index contributed by atoms with van der Waals surface area (Å²) in [4.78, 5) is 21.1. The lowest BCUT2D eigenvalue weighted by atomic mass is 9.82. The number of hydrogen-bond donors (Lipinski definition) is 2. The summed E-state index contributed by atoms with van der Waals surface area (Å²) in [6.07, 6.45) is -5.16. The molecule has 3 heterocycles. The van der Waals surface area contributed by atoms with Crippen molar-refractivity contribution in [2.24, 2.45) is 0 Å². The van der Waals surface area contributed by atoms with Crippen LogP contribution in [0.1, 0.15) is 37.9 Å². The predicted molar refractivity (Wildman–Crippen MR) is 107 cm³/mol. The van der Waals surface area contributed by atoms with Crippen LogP contribution < -0.4 is 11.1 Å². The molecule has 4 rings (SSSR count). The molecule has 0 fully saturated rings. The largest absolute Gasteiger partial charge is 0.389 e. The van der Waals surface area contributed by atoms with E-state index in [0.29, 0.717) is 27.9 Å². The van der Waals surface area contributed by atoms with Crippen LogP contribution in [0.5, 0.6) is 0 Å². The first kappa shape index (κ1) is 20.4. The maximum Gasteiger partial charge on any atom is 0.389 e. The van der Waals surface area contributed by atoms with E-state index in [-0.39, 0.29) is 35.6 Å². The average Bonchev–Trinajstić information content (AvgIpc) is 3.14. The van der Waals surface area contributed by atoms with Crippen LogP contribution in [0.2, 0.25) is 5.02 Å². The zero-order chi connectivity index (χ0) is 21.8. The highest BCUT2D eigenvalue weighted by atomic mass is 35.5. The Morgan fingerprint density at radius 3 is 2.70 bits per heavy atom. The number of nitrogens with zero attached hydrogens (tertiary/aromatic N) is 4. The number of nitrogens with two attached hydrogens (primary N) is 1. The molecule has 1 aliphatic rings. The quantitative estimate of drug-likeness (QED) is 0.637. The number of hydrogen-bond acceptors (Lipinski definition) is 5. The fourth-order valence-corrected chi connectivity index (χ4v) is 3.81. The zero-order valence-electron chi connectivity index (χ0n) is 16.1. The Labute approximate surface area is 174 Å². The second kappa shape index (κ2) is 6.83. The van der Waals surface area contributed by atoms with Crippen molar-refractivity contribution in [2.45, 2.75) is 44.7 Å². The highest BCUT2D eigenvalue weighted by molar-refractivity contribution is 6.31. The number of fused-ring (bicyclic) bond motifs is 2. The van der Waals surface area contributed by atoms with Crippen LogP contribution in [0.25, 0.3) is 16.9 Å². The van der Waals surface area contributed by atoms with Crippen LogP contribution >= 0.6 is 11.6 Å². The lowest BCUT2D eigenvalue weighted by Crippen LogP contribution is -2.30. The molecule has 1 unspecified atom stereocenters. The first-order chi connectivity index (χ1) is 14.0. The number of amides is 1. The summed E-state index contributed by atoms with van der Waals surface area (Å²) in [7, 11) is 0. The molecule has 0 radical (unpaired) electrons. The molecule has 0 saturated carbocycles. The summed E-state index contributed by atoms with van der Waals surface area (Å²) in [6, 6.07) is 4.78. The van der Waals surface area contributed by atoms with E-state index in [9.17, 15) is 18.0 Å². The predicted octanol–water partition coefficient (Wildman–Crippen LogP) is 4.17. The Kier molecular flexibility index (Phi) is 4.64. The minimum atomic E-state index is -4.32. The highest BCUT2D eigenvalue weighted by Crippen LogP contribution is 2.42. The van der Waals surface area contributed by atoms with Crippen molar-refractivity contribution in [3.8, 4) is 5.95 Å². The van der Waals surface area contributed by atoms with E-state index < -0.39 is 18.0 Å². The second-order valence-corrected chi connectivity index (χ2v) is 7.84. The first-order valence-electron chi connectivity index (χ1n) is 9.27. The Morgan fingerprint density at radius 1 is 1.30 bits per heavy atom. The van der Waals surface area contributed by atoms with Gasteiger partial charge in [0, 0.05) is 23.3 Å². The molecule has 0 bridgehead atoms. The van der Waals surface area contributed by atoms with Gasteiger partial charge in [0.05, 0.1) is 22.2 Å². The number of nitrogen functional groups attached to an aromatic ring is 1. The van der Waals surface area contributed by atoms with Gasteiger partial charge in [0.15, 0.2) is 0 Å². The molecule has 0 saturated heterocycles. The molecule has 3 aromatic rings. The number of anilines is 2. The van der Waals surface area contributed by atoms with E-state index in [1.165, 1.54) is 4.68 Å². The van der Waals surface area contributed by atoms with Gasteiger partial charge in [0.25, 0.3) is 5.95 Å². The SMILES string of the molecule is CCC1(C)C(=O)Nc2nc(-n3nc(CCC(F)(F)F)c4cc(Cl)ccc43)nc(N)c21. The Balaban J connectivity index is 1.86. The minimum absolute atomic E-state index is 0.0532. The molecular weight excluding hydrogens is 421 g/mol. The number of carbonyl (C=O) groups is 1. The lowest BCUT2D eigenvalue weighted by Gasteiger charge is -2.20. The Hall–Kier alpha value is -2.88. The van der Waals surface area contributed by atoms with E-state index in [0.717, 1.165) is 0 Å². The second-order valence-electron chi connectivity index (χ2n) is 7.41. The summed E-state index contributed by atoms with van der Waals surface area (Å²) < 4.78 is 39.6. The summed E-state index contributed by atoms with van der Waals surface area (Å²) in [5, 5.41) is 7.87. The molecule has 1 aromatic carbocycles. The van der Waals surface area contributed by atoms with Crippen LogP contribution in [0.3, 0.4) is 0 Å². The first-order valence-corrected chi connectivity index (χ1v) is 9.65. The number of nitrogens with one attached hydrogen (secondary N) is 1. The molecule has 7 nitrogen and oxygen atoms in total. The lowest BCUT2D eigenvalue weighted by molar-refractivity contribution is -0.134. The van der Waals surface area contributed by atoms with Gasteiger partial charge in [0.2, 0.25) is 5.91 Å². The van der Waals surface area contributed by atoms with Crippen molar-refractivity contribution in [3.05, 3.63) is 34.5 Å². The van der Waals surface area contributed by atoms with E-state index in [1.54, 1.807) is 25.1 Å². The fourth-order valence-electron chi connectivity index (χ4n) is 3.64. The molecule has 0 aliphatic carbocycles. The summed E-state index contributed by atoms with van der Waals surface area (Å²) in [5.74, 6) is 0.215. The van der Waals surface area contributed by atoms with Gasteiger partial charge >= 0.3 is 6.18 Å². The van der Waals surface area contributed by atoms with Gasteiger partial charge in [-0.05, 0) is 31.5 Å². The van der Waals surface area contributed by atoms with Crippen molar-refractivity contribution in [1.82, 2.24) is 19.7 Å². The average molecular weight is 439 g/mol. The monoisotopic (exact) mass is 438 g/mol. The molecule has 1 aliphatic heterocycles. The van der Waals surface area contributed by atoms with Crippen LogP contribution in [-0.4, -0.2) is 31.8 Å². The molecule has 158 valence electrons. The zero-order valence-corrected chi connectivity index (χ0v) is 16.9. The van der Waals surface area contributed by atoms with Crippen molar-refractivity contribution in [1.29, 1.82) is 0 Å². The van der Waals surface area contributed by atoms with Gasteiger partial charge < -0.3 is 11.1 Å². The molecule has 1 amide bonds. The number of halogens is 4. The van der Waals surface area contributed by atoms with Crippen LogP contribution in [0.4, 0.5) is 24.8 Å². The summed E-state index contributed by atoms with van der Waals surface area (Å²) >= 11 is 6.04. The van der Waals surface area contributed by atoms with Gasteiger partial charge in [0.1, 0.15) is 11.6 Å². The van der Waals surface area contributed by atoms with Gasteiger partial charge in [-0.2, -0.15) is 32.9 Å². The normalized spacial score (nSPS) is 18.7. The molecule has 3 N–H and O–H groups in total. The molecule has 11 heteroatoms. The van der Waals surface area contributed by atoms with E-state index in [2.05, 4.69) is 20.4 Å². The fraction of sp³-hybridized carbons (Fsp3) is 0.368. The molecule has 30 heavy (non-hydrogen) atoms. The Bertz CT molecular complexity index is 1180. The molecule has 0 spiro atoms. The number of carbonyl (C=O) groups excluding carboxylic acids is 1. The molecule has 1 atom stereocenters.